The Morgan fingerprint density at radius 1 is 1.54 bits per heavy atom. The lowest BCUT2D eigenvalue weighted by Gasteiger charge is -1.87. The first-order valence-corrected chi connectivity index (χ1v) is 4.64. The van der Waals surface area contributed by atoms with Crippen molar-refractivity contribution in [1.29, 1.82) is 0 Å². The summed E-state index contributed by atoms with van der Waals surface area (Å²) in [6, 6.07) is 3.25. The van der Waals surface area contributed by atoms with Crippen LogP contribution in [0.2, 0.25) is 5.15 Å². The van der Waals surface area contributed by atoms with Crippen molar-refractivity contribution in [3.8, 4) is 0 Å². The second kappa shape index (κ2) is 2.97. The molecule has 0 bridgehead atoms. The molecule has 66 valence electrons. The van der Waals surface area contributed by atoms with Gasteiger partial charge in [-0.15, -0.1) is 11.3 Å². The van der Waals surface area contributed by atoms with Crippen molar-refractivity contribution in [2.75, 3.05) is 0 Å². The maximum atomic E-state index is 10.6. The molecule has 3 nitrogen and oxygen atoms in total. The second-order valence-corrected chi connectivity index (χ2v) is 3.93. The van der Waals surface area contributed by atoms with Gasteiger partial charge in [0, 0.05) is 6.20 Å². The fourth-order valence-corrected chi connectivity index (χ4v) is 2.04. The van der Waals surface area contributed by atoms with Crippen LogP contribution in [0.4, 0.5) is 0 Å². The zero-order valence-corrected chi connectivity index (χ0v) is 7.89. The summed E-state index contributed by atoms with van der Waals surface area (Å²) in [6.45, 7) is 0. The van der Waals surface area contributed by atoms with E-state index in [-0.39, 0.29) is 0 Å². The van der Waals surface area contributed by atoms with Crippen molar-refractivity contribution < 1.29 is 9.90 Å². The molecule has 2 aromatic heterocycles. The molecule has 0 aliphatic carbocycles. The monoisotopic (exact) mass is 213 g/mol. The van der Waals surface area contributed by atoms with E-state index in [1.165, 1.54) is 11.3 Å². The third kappa shape index (κ3) is 1.50. The fraction of sp³-hybridized carbons (Fsp3) is 0. The van der Waals surface area contributed by atoms with Crippen LogP contribution < -0.4 is 0 Å². The smallest absolute Gasteiger partial charge is 0.345 e. The highest BCUT2D eigenvalue weighted by molar-refractivity contribution is 7.20. The molecule has 0 atom stereocenters. The van der Waals surface area contributed by atoms with E-state index >= 15 is 0 Å². The van der Waals surface area contributed by atoms with Gasteiger partial charge < -0.3 is 5.11 Å². The molecule has 0 aromatic carbocycles. The third-order valence-corrected chi connectivity index (χ3v) is 2.86. The van der Waals surface area contributed by atoms with Crippen LogP contribution in [0, 0.1) is 0 Å². The minimum Gasteiger partial charge on any atom is -0.477 e. The van der Waals surface area contributed by atoms with E-state index in [9.17, 15) is 4.79 Å². The zero-order valence-electron chi connectivity index (χ0n) is 6.32. The van der Waals surface area contributed by atoms with Crippen LogP contribution in [-0.4, -0.2) is 16.1 Å². The lowest BCUT2D eigenvalue weighted by molar-refractivity contribution is 0.0702. The van der Waals surface area contributed by atoms with Crippen LogP contribution in [0.1, 0.15) is 9.67 Å². The van der Waals surface area contributed by atoms with Crippen molar-refractivity contribution in [2.45, 2.75) is 0 Å². The van der Waals surface area contributed by atoms with Crippen molar-refractivity contribution in [2.24, 2.45) is 0 Å². The predicted molar refractivity (Wildman–Crippen MR) is 51.6 cm³/mol. The molecule has 0 fully saturated rings. The molecular weight excluding hydrogens is 210 g/mol. The topological polar surface area (TPSA) is 50.2 Å². The van der Waals surface area contributed by atoms with Gasteiger partial charge in [0.05, 0.1) is 4.70 Å². The van der Waals surface area contributed by atoms with Gasteiger partial charge in [0.2, 0.25) is 0 Å². The Morgan fingerprint density at radius 2 is 2.31 bits per heavy atom. The van der Waals surface area contributed by atoms with Gasteiger partial charge in [0.15, 0.2) is 0 Å². The largest absolute Gasteiger partial charge is 0.477 e. The van der Waals surface area contributed by atoms with Gasteiger partial charge in [0.1, 0.15) is 10.0 Å². The molecule has 0 saturated heterocycles. The Bertz CT molecular complexity index is 480. The van der Waals surface area contributed by atoms with Crippen molar-refractivity contribution in [3.63, 3.8) is 0 Å². The summed E-state index contributed by atoms with van der Waals surface area (Å²) < 4.78 is 0.835. The van der Waals surface area contributed by atoms with Crippen LogP contribution in [0.15, 0.2) is 18.3 Å². The molecule has 0 saturated carbocycles. The molecule has 1 N–H and O–H groups in total. The average molecular weight is 214 g/mol. The number of aromatic nitrogens is 1. The van der Waals surface area contributed by atoms with Gasteiger partial charge in [-0.25, -0.2) is 9.78 Å². The summed E-state index contributed by atoms with van der Waals surface area (Å²) in [7, 11) is 0. The fourth-order valence-electron chi connectivity index (χ4n) is 1.02. The third-order valence-electron chi connectivity index (χ3n) is 1.58. The van der Waals surface area contributed by atoms with E-state index in [4.69, 9.17) is 16.7 Å². The summed E-state index contributed by atoms with van der Waals surface area (Å²) in [5.74, 6) is -0.919. The Hall–Kier alpha value is -1.13. The summed E-state index contributed by atoms with van der Waals surface area (Å²) in [5.41, 5.74) is 0. The van der Waals surface area contributed by atoms with Crippen LogP contribution in [0.5, 0.6) is 0 Å². The first-order chi connectivity index (χ1) is 6.16. The SMILES string of the molecule is O=C(O)c1cc2cc(Cl)ncc2s1. The molecule has 0 aliphatic heterocycles. The second-order valence-electron chi connectivity index (χ2n) is 2.46. The highest BCUT2D eigenvalue weighted by Gasteiger charge is 2.08. The number of nitrogens with zero attached hydrogens (tertiary/aromatic N) is 1. The average Bonchev–Trinajstić information content (AvgIpc) is 2.46. The predicted octanol–water partition coefficient (Wildman–Crippen LogP) is 2.65. The van der Waals surface area contributed by atoms with Gasteiger partial charge in [-0.05, 0) is 17.5 Å². The number of carboxylic acid groups (broad SMARTS) is 1. The molecule has 0 amide bonds. The molecule has 0 unspecified atom stereocenters. The van der Waals surface area contributed by atoms with Gasteiger partial charge in [-0.3, -0.25) is 0 Å². The highest BCUT2D eigenvalue weighted by atomic mass is 35.5. The van der Waals surface area contributed by atoms with Crippen molar-refractivity contribution >= 4 is 39.0 Å². The number of hydrogen-bond donors (Lipinski definition) is 1. The quantitative estimate of drug-likeness (QED) is 0.741. The van der Waals surface area contributed by atoms with E-state index in [1.807, 2.05) is 0 Å². The van der Waals surface area contributed by atoms with Crippen molar-refractivity contribution in [1.82, 2.24) is 4.98 Å². The lowest BCUT2D eigenvalue weighted by atomic mass is 10.3. The number of carboxylic acids is 1. The molecule has 0 aliphatic rings. The lowest BCUT2D eigenvalue weighted by Crippen LogP contribution is -1.89. The van der Waals surface area contributed by atoms with E-state index < -0.39 is 5.97 Å². The summed E-state index contributed by atoms with van der Waals surface area (Å²) >= 11 is 6.85. The Morgan fingerprint density at radius 3 is 3.00 bits per heavy atom. The van der Waals surface area contributed by atoms with Gasteiger partial charge >= 0.3 is 5.97 Å². The zero-order chi connectivity index (χ0) is 9.42. The van der Waals surface area contributed by atoms with E-state index in [0.29, 0.717) is 10.0 Å². The van der Waals surface area contributed by atoms with Gasteiger partial charge in [0.25, 0.3) is 0 Å². The maximum absolute atomic E-state index is 10.6. The Kier molecular flexibility index (Phi) is 1.94. The van der Waals surface area contributed by atoms with Gasteiger partial charge in [-0.1, -0.05) is 11.6 Å². The number of halogens is 1. The molecule has 0 radical (unpaired) electrons. The molecule has 2 aromatic rings. The number of thiophene rings is 1. The van der Waals surface area contributed by atoms with Crippen molar-refractivity contribution in [3.05, 3.63) is 28.4 Å². The van der Waals surface area contributed by atoms with E-state index in [1.54, 1.807) is 18.3 Å². The normalized spacial score (nSPS) is 10.5. The highest BCUT2D eigenvalue weighted by Crippen LogP contribution is 2.26. The number of rotatable bonds is 1. The number of fused-ring (bicyclic) bond motifs is 1. The Balaban J connectivity index is 2.68. The van der Waals surface area contributed by atoms with Crippen LogP contribution in [0.3, 0.4) is 0 Å². The summed E-state index contributed by atoms with van der Waals surface area (Å²) in [5, 5.41) is 9.91. The molecule has 5 heteroatoms. The Labute approximate surface area is 82.6 Å². The number of carbonyl (C=O) groups is 1. The van der Waals surface area contributed by atoms with Crippen LogP contribution in [0.25, 0.3) is 10.1 Å². The minimum absolute atomic E-state index is 0.305. The standard InChI is InChI=1S/C8H4ClNO2S/c9-7-2-4-1-5(8(11)12)13-6(4)3-10-7/h1-3H,(H,11,12). The summed E-state index contributed by atoms with van der Waals surface area (Å²) in [4.78, 5) is 14.8. The maximum Gasteiger partial charge on any atom is 0.345 e. The molecule has 2 rings (SSSR count). The van der Waals surface area contributed by atoms with E-state index in [2.05, 4.69) is 4.98 Å². The van der Waals surface area contributed by atoms with Crippen LogP contribution >= 0.6 is 22.9 Å². The first-order valence-electron chi connectivity index (χ1n) is 3.45. The number of hydrogen-bond acceptors (Lipinski definition) is 3. The summed E-state index contributed by atoms with van der Waals surface area (Å²) in [6.07, 6.45) is 1.58. The van der Waals surface area contributed by atoms with E-state index in [0.717, 1.165) is 10.1 Å². The number of pyridine rings is 1. The van der Waals surface area contributed by atoms with Crippen LogP contribution in [-0.2, 0) is 0 Å². The first kappa shape index (κ1) is 8.47. The molecule has 13 heavy (non-hydrogen) atoms. The number of aromatic carboxylic acids is 1. The minimum atomic E-state index is -0.919. The molecular formula is C8H4ClNO2S. The molecule has 0 spiro atoms. The molecule has 2 heterocycles. The van der Waals surface area contributed by atoms with Gasteiger partial charge in [-0.2, -0.15) is 0 Å².